The summed E-state index contributed by atoms with van der Waals surface area (Å²) in [7, 11) is 0. The van der Waals surface area contributed by atoms with Gasteiger partial charge in [0.15, 0.2) is 0 Å². The molecule has 0 saturated carbocycles. The first-order valence-corrected chi connectivity index (χ1v) is 7.58. The molecule has 0 aliphatic heterocycles. The summed E-state index contributed by atoms with van der Waals surface area (Å²) in [5.74, 6) is 0.567. The van der Waals surface area contributed by atoms with Crippen molar-refractivity contribution in [2.24, 2.45) is 0 Å². The Kier molecular flexibility index (Phi) is 5.22. The third-order valence-electron chi connectivity index (χ3n) is 3.55. The molecule has 2 heteroatoms. The summed E-state index contributed by atoms with van der Waals surface area (Å²) < 4.78 is 0. The first-order chi connectivity index (χ1) is 9.61. The predicted octanol–water partition coefficient (Wildman–Crippen LogP) is 5.16. The minimum atomic E-state index is 0.221. The van der Waals surface area contributed by atoms with Gasteiger partial charge in [-0.05, 0) is 41.3 Å². The lowest BCUT2D eigenvalue weighted by atomic mass is 9.95. The van der Waals surface area contributed by atoms with Crippen molar-refractivity contribution in [3.05, 3.63) is 70.2 Å². The molecular weight excluding hydrogens is 266 g/mol. The fraction of sp³-hybridized carbons (Fsp3) is 0.333. The number of rotatable bonds is 5. The van der Waals surface area contributed by atoms with Gasteiger partial charge in [0.1, 0.15) is 0 Å². The molecule has 0 radical (unpaired) electrons. The maximum Gasteiger partial charge on any atom is 0.0576 e. The Morgan fingerprint density at radius 1 is 0.850 bits per heavy atom. The Morgan fingerprint density at radius 3 is 1.75 bits per heavy atom. The van der Waals surface area contributed by atoms with Gasteiger partial charge in [0.05, 0.1) is 6.04 Å². The van der Waals surface area contributed by atoms with E-state index in [1.807, 2.05) is 12.1 Å². The molecule has 2 aromatic carbocycles. The highest BCUT2D eigenvalue weighted by Crippen LogP contribution is 2.25. The molecule has 106 valence electrons. The molecule has 0 heterocycles. The van der Waals surface area contributed by atoms with Gasteiger partial charge < -0.3 is 5.32 Å². The van der Waals surface area contributed by atoms with E-state index in [0.717, 1.165) is 11.6 Å². The third-order valence-corrected chi connectivity index (χ3v) is 3.80. The summed E-state index contributed by atoms with van der Waals surface area (Å²) in [6, 6.07) is 17.2. The van der Waals surface area contributed by atoms with E-state index < -0.39 is 0 Å². The number of benzene rings is 2. The third kappa shape index (κ3) is 3.62. The zero-order chi connectivity index (χ0) is 14.5. The van der Waals surface area contributed by atoms with Crippen molar-refractivity contribution < 1.29 is 0 Å². The lowest BCUT2D eigenvalue weighted by Crippen LogP contribution is -2.21. The minimum absolute atomic E-state index is 0.221. The highest BCUT2D eigenvalue weighted by Gasteiger charge is 2.13. The second kappa shape index (κ2) is 6.92. The van der Waals surface area contributed by atoms with Crippen LogP contribution >= 0.6 is 11.6 Å². The van der Waals surface area contributed by atoms with E-state index in [9.17, 15) is 0 Å². The van der Waals surface area contributed by atoms with Crippen LogP contribution in [0.15, 0.2) is 48.5 Å². The topological polar surface area (TPSA) is 12.0 Å². The van der Waals surface area contributed by atoms with Crippen molar-refractivity contribution in [2.75, 3.05) is 6.54 Å². The Bertz CT molecular complexity index is 528. The molecule has 0 spiro atoms. The molecule has 20 heavy (non-hydrogen) atoms. The van der Waals surface area contributed by atoms with Gasteiger partial charge in [-0.15, -0.1) is 0 Å². The van der Waals surface area contributed by atoms with Gasteiger partial charge in [-0.2, -0.15) is 0 Å². The maximum atomic E-state index is 5.97. The van der Waals surface area contributed by atoms with Crippen molar-refractivity contribution in [1.82, 2.24) is 5.32 Å². The van der Waals surface area contributed by atoms with Crippen LogP contribution in [0.4, 0.5) is 0 Å². The molecule has 0 saturated heterocycles. The molecule has 0 aliphatic carbocycles. The van der Waals surface area contributed by atoms with Crippen LogP contribution in [0.25, 0.3) is 0 Å². The van der Waals surface area contributed by atoms with Crippen LogP contribution in [-0.2, 0) is 0 Å². The molecule has 0 aliphatic rings. The molecule has 2 rings (SSSR count). The molecular formula is C18H22ClN. The molecule has 1 N–H and O–H groups in total. The highest BCUT2D eigenvalue weighted by molar-refractivity contribution is 6.30. The van der Waals surface area contributed by atoms with Crippen LogP contribution in [0.3, 0.4) is 0 Å². The van der Waals surface area contributed by atoms with E-state index in [4.69, 9.17) is 11.6 Å². The first-order valence-electron chi connectivity index (χ1n) is 7.20. The molecule has 2 aromatic rings. The second-order valence-electron chi connectivity index (χ2n) is 5.36. The molecule has 0 aromatic heterocycles. The summed E-state index contributed by atoms with van der Waals surface area (Å²) in [4.78, 5) is 0. The molecule has 1 unspecified atom stereocenters. The average Bonchev–Trinajstić information content (AvgIpc) is 2.46. The smallest absolute Gasteiger partial charge is 0.0576 e. The van der Waals surface area contributed by atoms with Crippen LogP contribution in [0.2, 0.25) is 5.02 Å². The Morgan fingerprint density at radius 2 is 1.30 bits per heavy atom. The van der Waals surface area contributed by atoms with Gasteiger partial charge in [0, 0.05) is 5.02 Å². The van der Waals surface area contributed by atoms with Crippen LogP contribution in [0.5, 0.6) is 0 Å². The Balaban J connectivity index is 2.30. The number of hydrogen-bond donors (Lipinski definition) is 1. The second-order valence-corrected chi connectivity index (χ2v) is 5.80. The average molecular weight is 288 g/mol. The van der Waals surface area contributed by atoms with E-state index in [2.05, 4.69) is 62.5 Å². The van der Waals surface area contributed by atoms with Crippen molar-refractivity contribution in [3.8, 4) is 0 Å². The largest absolute Gasteiger partial charge is 0.307 e. The van der Waals surface area contributed by atoms with Crippen molar-refractivity contribution in [2.45, 2.75) is 32.7 Å². The summed E-state index contributed by atoms with van der Waals surface area (Å²) >= 11 is 5.97. The normalized spacial score (nSPS) is 12.7. The van der Waals surface area contributed by atoms with E-state index in [-0.39, 0.29) is 6.04 Å². The van der Waals surface area contributed by atoms with Crippen LogP contribution in [0.1, 0.15) is 49.4 Å². The van der Waals surface area contributed by atoms with Crippen LogP contribution < -0.4 is 5.32 Å². The number of nitrogens with one attached hydrogen (secondary N) is 1. The number of halogens is 1. The lowest BCUT2D eigenvalue weighted by Gasteiger charge is -2.20. The zero-order valence-electron chi connectivity index (χ0n) is 12.4. The fourth-order valence-electron chi connectivity index (χ4n) is 2.36. The van der Waals surface area contributed by atoms with E-state index >= 15 is 0 Å². The quantitative estimate of drug-likeness (QED) is 0.801. The van der Waals surface area contributed by atoms with Crippen LogP contribution in [0, 0.1) is 0 Å². The lowest BCUT2D eigenvalue weighted by molar-refractivity contribution is 0.630. The minimum Gasteiger partial charge on any atom is -0.307 e. The Hall–Kier alpha value is -1.31. The zero-order valence-corrected chi connectivity index (χ0v) is 13.1. The molecule has 1 atom stereocenters. The SMILES string of the molecule is CCNC(c1ccc(Cl)cc1)c1ccc(C(C)C)cc1. The summed E-state index contributed by atoms with van der Waals surface area (Å²) in [6.07, 6.45) is 0. The number of hydrogen-bond acceptors (Lipinski definition) is 1. The van der Waals surface area contributed by atoms with Gasteiger partial charge in [-0.25, -0.2) is 0 Å². The van der Waals surface area contributed by atoms with Gasteiger partial charge in [-0.1, -0.05) is 68.8 Å². The van der Waals surface area contributed by atoms with Gasteiger partial charge in [0.2, 0.25) is 0 Å². The van der Waals surface area contributed by atoms with Crippen molar-refractivity contribution in [1.29, 1.82) is 0 Å². The molecule has 0 amide bonds. The van der Waals surface area contributed by atoms with Crippen molar-refractivity contribution in [3.63, 3.8) is 0 Å². The molecule has 0 bridgehead atoms. The fourth-order valence-corrected chi connectivity index (χ4v) is 2.49. The monoisotopic (exact) mass is 287 g/mol. The maximum absolute atomic E-state index is 5.97. The van der Waals surface area contributed by atoms with Gasteiger partial charge >= 0.3 is 0 Å². The Labute approximate surface area is 127 Å². The van der Waals surface area contributed by atoms with Crippen molar-refractivity contribution >= 4 is 11.6 Å². The molecule has 1 nitrogen and oxygen atoms in total. The first kappa shape index (κ1) is 15.1. The standard InChI is InChI=1S/C18H22ClN/c1-4-20-18(16-9-11-17(19)12-10-16)15-7-5-14(6-8-15)13(2)3/h5-13,18,20H,4H2,1-3H3. The van der Waals surface area contributed by atoms with E-state index in [1.165, 1.54) is 16.7 Å². The summed E-state index contributed by atoms with van der Waals surface area (Å²) in [6.45, 7) is 7.50. The van der Waals surface area contributed by atoms with E-state index in [0.29, 0.717) is 5.92 Å². The predicted molar refractivity (Wildman–Crippen MR) is 87.5 cm³/mol. The summed E-state index contributed by atoms with van der Waals surface area (Å²) in [5.41, 5.74) is 3.91. The van der Waals surface area contributed by atoms with Crippen LogP contribution in [-0.4, -0.2) is 6.54 Å². The molecule has 0 fully saturated rings. The van der Waals surface area contributed by atoms with E-state index in [1.54, 1.807) is 0 Å². The van der Waals surface area contributed by atoms with Gasteiger partial charge in [0.25, 0.3) is 0 Å². The highest BCUT2D eigenvalue weighted by atomic mass is 35.5. The summed E-state index contributed by atoms with van der Waals surface area (Å²) in [5, 5.41) is 4.32. The van der Waals surface area contributed by atoms with Gasteiger partial charge in [-0.3, -0.25) is 0 Å².